The van der Waals surface area contributed by atoms with Crippen molar-refractivity contribution in [1.82, 2.24) is 5.32 Å². The maximum Gasteiger partial charge on any atom is 0.407 e. The van der Waals surface area contributed by atoms with Crippen LogP contribution in [0.5, 0.6) is 11.5 Å². The van der Waals surface area contributed by atoms with E-state index in [0.717, 1.165) is 0 Å². The molecule has 1 aromatic carbocycles. The fourth-order valence-electron chi connectivity index (χ4n) is 1.74. The first kappa shape index (κ1) is 10.6. The Morgan fingerprint density at radius 3 is 3.06 bits per heavy atom. The molecule has 0 aliphatic carbocycles. The molecule has 0 aromatic heterocycles. The number of ether oxygens (including phenoxy) is 2. The Kier molecular flexibility index (Phi) is 2.85. The van der Waals surface area contributed by atoms with Gasteiger partial charge in [-0.25, -0.2) is 4.79 Å². The summed E-state index contributed by atoms with van der Waals surface area (Å²) in [6, 6.07) is 4.97. The number of carbonyl (C=O) groups is 1. The van der Waals surface area contributed by atoms with Crippen molar-refractivity contribution in [3.05, 3.63) is 23.8 Å². The molecule has 5 nitrogen and oxygen atoms in total. The number of hydrogen-bond donors (Lipinski definition) is 2. The molecule has 16 heavy (non-hydrogen) atoms. The molecule has 1 heterocycles. The molecule has 5 heteroatoms. The fraction of sp³-hybridized carbons (Fsp3) is 0.364. The number of para-hydroxylation sites is 1. The lowest BCUT2D eigenvalue weighted by Crippen LogP contribution is -2.35. The van der Waals surface area contributed by atoms with Gasteiger partial charge < -0.3 is 19.9 Å². The third kappa shape index (κ3) is 1.88. The van der Waals surface area contributed by atoms with Crippen LogP contribution in [-0.2, 0) is 4.74 Å². The molecule has 1 fully saturated rings. The standard InChI is InChI=1S/C11H13NO4/c1-15-9-4-2-3-7(10(9)13)8-5-6-16-11(14)12-8/h2-4,8,13H,5-6H2,1H3,(H,12,14)/t8-/m1/s1. The molecule has 1 saturated heterocycles. The van der Waals surface area contributed by atoms with Crippen LogP contribution in [0.2, 0.25) is 0 Å². The van der Waals surface area contributed by atoms with Crippen molar-refractivity contribution in [2.45, 2.75) is 12.5 Å². The predicted molar refractivity (Wildman–Crippen MR) is 56.5 cm³/mol. The number of cyclic esters (lactones) is 1. The van der Waals surface area contributed by atoms with E-state index in [2.05, 4.69) is 5.32 Å². The summed E-state index contributed by atoms with van der Waals surface area (Å²) in [5.74, 6) is 0.468. The molecule has 0 bridgehead atoms. The summed E-state index contributed by atoms with van der Waals surface area (Å²) < 4.78 is 9.77. The van der Waals surface area contributed by atoms with Crippen molar-refractivity contribution >= 4 is 6.09 Å². The SMILES string of the molecule is COc1cccc([C@H]2CCOC(=O)N2)c1O. The van der Waals surface area contributed by atoms with Gasteiger partial charge in [0.15, 0.2) is 11.5 Å². The van der Waals surface area contributed by atoms with Crippen LogP contribution in [0.25, 0.3) is 0 Å². The second-order valence-electron chi connectivity index (χ2n) is 3.52. The van der Waals surface area contributed by atoms with Gasteiger partial charge in [-0.05, 0) is 6.07 Å². The van der Waals surface area contributed by atoms with E-state index in [9.17, 15) is 9.90 Å². The van der Waals surface area contributed by atoms with Crippen molar-refractivity contribution < 1.29 is 19.4 Å². The topological polar surface area (TPSA) is 67.8 Å². The van der Waals surface area contributed by atoms with Gasteiger partial charge in [-0.15, -0.1) is 0 Å². The van der Waals surface area contributed by atoms with Crippen molar-refractivity contribution in [3.63, 3.8) is 0 Å². The van der Waals surface area contributed by atoms with E-state index in [1.54, 1.807) is 18.2 Å². The van der Waals surface area contributed by atoms with Gasteiger partial charge in [-0.3, -0.25) is 0 Å². The molecule has 0 radical (unpaired) electrons. The highest BCUT2D eigenvalue weighted by Gasteiger charge is 2.24. The molecular formula is C11H13NO4. The number of alkyl carbamates (subject to hydrolysis) is 1. The van der Waals surface area contributed by atoms with Crippen molar-refractivity contribution in [1.29, 1.82) is 0 Å². The quantitative estimate of drug-likeness (QED) is 0.798. The summed E-state index contributed by atoms with van der Waals surface area (Å²) in [6.07, 6.45) is 0.172. The summed E-state index contributed by atoms with van der Waals surface area (Å²) in [4.78, 5) is 11.1. The van der Waals surface area contributed by atoms with Crippen LogP contribution in [0.4, 0.5) is 4.79 Å². The van der Waals surface area contributed by atoms with Gasteiger partial charge in [0, 0.05) is 12.0 Å². The Hall–Kier alpha value is -1.91. The van der Waals surface area contributed by atoms with E-state index in [1.165, 1.54) is 7.11 Å². The van der Waals surface area contributed by atoms with Gasteiger partial charge in [0.1, 0.15) is 0 Å². The van der Waals surface area contributed by atoms with Crippen molar-refractivity contribution in [2.75, 3.05) is 13.7 Å². The Bertz CT molecular complexity index is 405. The highest BCUT2D eigenvalue weighted by atomic mass is 16.5. The number of phenolic OH excluding ortho intramolecular Hbond substituents is 1. The molecule has 86 valence electrons. The molecule has 2 N–H and O–H groups in total. The van der Waals surface area contributed by atoms with Crippen LogP contribution in [-0.4, -0.2) is 24.9 Å². The number of methoxy groups -OCH3 is 1. The van der Waals surface area contributed by atoms with Crippen molar-refractivity contribution in [2.24, 2.45) is 0 Å². The largest absolute Gasteiger partial charge is 0.504 e. The zero-order chi connectivity index (χ0) is 11.5. The number of rotatable bonds is 2. The third-order valence-electron chi connectivity index (χ3n) is 2.56. The zero-order valence-corrected chi connectivity index (χ0v) is 8.90. The number of carbonyl (C=O) groups excluding carboxylic acids is 1. The van der Waals surface area contributed by atoms with E-state index in [0.29, 0.717) is 24.3 Å². The predicted octanol–water partition coefficient (Wildman–Crippen LogP) is 1.57. The average molecular weight is 223 g/mol. The first-order chi connectivity index (χ1) is 7.72. The van der Waals surface area contributed by atoms with E-state index < -0.39 is 6.09 Å². The number of phenols is 1. The first-order valence-corrected chi connectivity index (χ1v) is 5.01. The van der Waals surface area contributed by atoms with Crippen LogP contribution in [0.1, 0.15) is 18.0 Å². The molecule has 1 aliphatic rings. The smallest absolute Gasteiger partial charge is 0.407 e. The third-order valence-corrected chi connectivity index (χ3v) is 2.56. The molecule has 0 saturated carbocycles. The van der Waals surface area contributed by atoms with Gasteiger partial charge >= 0.3 is 6.09 Å². The Balaban J connectivity index is 2.29. The Labute approximate surface area is 93.0 Å². The molecular weight excluding hydrogens is 210 g/mol. The molecule has 1 amide bonds. The summed E-state index contributed by atoms with van der Waals surface area (Å²) in [5, 5.41) is 12.6. The second kappa shape index (κ2) is 4.30. The molecule has 0 unspecified atom stereocenters. The van der Waals surface area contributed by atoms with E-state index >= 15 is 0 Å². The minimum Gasteiger partial charge on any atom is -0.504 e. The minimum atomic E-state index is -0.460. The number of amides is 1. The lowest BCUT2D eigenvalue weighted by atomic mass is 10.0. The second-order valence-corrected chi connectivity index (χ2v) is 3.52. The van der Waals surface area contributed by atoms with Crippen LogP contribution >= 0.6 is 0 Å². The fourth-order valence-corrected chi connectivity index (χ4v) is 1.74. The average Bonchev–Trinajstić information content (AvgIpc) is 2.29. The van der Waals surface area contributed by atoms with E-state index in [4.69, 9.17) is 9.47 Å². The van der Waals surface area contributed by atoms with Crippen LogP contribution in [0, 0.1) is 0 Å². The van der Waals surface area contributed by atoms with Gasteiger partial charge in [0.05, 0.1) is 19.8 Å². The lowest BCUT2D eigenvalue weighted by molar-refractivity contribution is 0.115. The van der Waals surface area contributed by atoms with Crippen LogP contribution in [0.15, 0.2) is 18.2 Å². The first-order valence-electron chi connectivity index (χ1n) is 5.01. The van der Waals surface area contributed by atoms with E-state index in [1.807, 2.05) is 0 Å². The summed E-state index contributed by atoms with van der Waals surface area (Å²) in [6.45, 7) is 0.354. The normalized spacial score (nSPS) is 19.8. The molecule has 1 aromatic rings. The summed E-state index contributed by atoms with van der Waals surface area (Å²) >= 11 is 0. The van der Waals surface area contributed by atoms with Gasteiger partial charge in [-0.1, -0.05) is 12.1 Å². The molecule has 0 spiro atoms. The van der Waals surface area contributed by atoms with Gasteiger partial charge in [0.2, 0.25) is 0 Å². The maximum absolute atomic E-state index is 11.1. The van der Waals surface area contributed by atoms with Gasteiger partial charge in [-0.2, -0.15) is 0 Å². The number of nitrogens with one attached hydrogen (secondary N) is 1. The summed E-state index contributed by atoms with van der Waals surface area (Å²) in [7, 11) is 1.49. The number of benzene rings is 1. The zero-order valence-electron chi connectivity index (χ0n) is 8.90. The van der Waals surface area contributed by atoms with Crippen LogP contribution < -0.4 is 10.1 Å². The lowest BCUT2D eigenvalue weighted by Gasteiger charge is -2.24. The highest BCUT2D eigenvalue weighted by Crippen LogP contribution is 2.35. The monoisotopic (exact) mass is 223 g/mol. The summed E-state index contributed by atoms with van der Waals surface area (Å²) in [5.41, 5.74) is 0.649. The van der Waals surface area contributed by atoms with Crippen molar-refractivity contribution in [3.8, 4) is 11.5 Å². The Morgan fingerprint density at radius 1 is 1.56 bits per heavy atom. The number of hydrogen-bond acceptors (Lipinski definition) is 4. The van der Waals surface area contributed by atoms with Crippen LogP contribution in [0.3, 0.4) is 0 Å². The highest BCUT2D eigenvalue weighted by molar-refractivity contribution is 5.69. The molecule has 1 aliphatic heterocycles. The maximum atomic E-state index is 11.1. The molecule has 2 rings (SSSR count). The Morgan fingerprint density at radius 2 is 2.38 bits per heavy atom. The minimum absolute atomic E-state index is 0.0669. The van der Waals surface area contributed by atoms with Gasteiger partial charge in [0.25, 0.3) is 0 Å². The molecule has 1 atom stereocenters. The van der Waals surface area contributed by atoms with E-state index in [-0.39, 0.29) is 11.8 Å². The number of aromatic hydroxyl groups is 1.